The van der Waals surface area contributed by atoms with Crippen molar-refractivity contribution in [2.24, 2.45) is 0 Å². The van der Waals surface area contributed by atoms with E-state index in [9.17, 15) is 5.11 Å². The Labute approximate surface area is 105 Å². The Bertz CT molecular complexity index is 314. The Kier molecular flexibility index (Phi) is 5.65. The number of halogens is 2. The summed E-state index contributed by atoms with van der Waals surface area (Å²) >= 11 is 9.25. The van der Waals surface area contributed by atoms with Gasteiger partial charge in [0.2, 0.25) is 0 Å². The van der Waals surface area contributed by atoms with Gasteiger partial charge >= 0.3 is 0 Å². The second-order valence-corrected chi connectivity index (χ2v) is 4.97. The average molecular weight is 292 g/mol. The summed E-state index contributed by atoms with van der Waals surface area (Å²) < 4.78 is 0.888. The van der Waals surface area contributed by atoms with Gasteiger partial charge in [0.1, 0.15) is 0 Å². The molecule has 0 aliphatic carbocycles. The number of hydrogen-bond donors (Lipinski definition) is 1. The first kappa shape index (κ1) is 13.0. The van der Waals surface area contributed by atoms with Crippen LogP contribution in [-0.2, 0) is 0 Å². The van der Waals surface area contributed by atoms with Crippen LogP contribution >= 0.6 is 27.5 Å². The summed E-state index contributed by atoms with van der Waals surface area (Å²) in [6, 6.07) is 5.51. The fourth-order valence-electron chi connectivity index (χ4n) is 1.51. The molecule has 0 aliphatic rings. The second-order valence-electron chi connectivity index (χ2n) is 3.68. The van der Waals surface area contributed by atoms with Crippen molar-refractivity contribution >= 4 is 27.5 Å². The van der Waals surface area contributed by atoms with Crippen molar-refractivity contribution < 1.29 is 5.11 Å². The van der Waals surface area contributed by atoms with Crippen LogP contribution in [0.2, 0.25) is 5.02 Å². The van der Waals surface area contributed by atoms with Gasteiger partial charge in [-0.25, -0.2) is 0 Å². The molecule has 1 nitrogen and oxygen atoms in total. The van der Waals surface area contributed by atoms with Gasteiger partial charge in [-0.05, 0) is 24.1 Å². The topological polar surface area (TPSA) is 20.2 Å². The SMILES string of the molecule is CCCCCC(O)c1ccc(Cl)cc1Br. The van der Waals surface area contributed by atoms with Crippen LogP contribution in [0.3, 0.4) is 0 Å². The maximum Gasteiger partial charge on any atom is 0.0801 e. The summed E-state index contributed by atoms with van der Waals surface area (Å²) in [5.74, 6) is 0. The molecule has 0 radical (unpaired) electrons. The molecule has 1 aromatic rings. The van der Waals surface area contributed by atoms with Crippen LogP contribution in [0.4, 0.5) is 0 Å². The van der Waals surface area contributed by atoms with Gasteiger partial charge in [0, 0.05) is 9.50 Å². The molecule has 0 spiro atoms. The summed E-state index contributed by atoms with van der Waals surface area (Å²) in [7, 11) is 0. The Morgan fingerprint density at radius 1 is 1.40 bits per heavy atom. The lowest BCUT2D eigenvalue weighted by molar-refractivity contribution is 0.163. The predicted octanol–water partition coefficient (Wildman–Crippen LogP) is 4.72. The van der Waals surface area contributed by atoms with Crippen molar-refractivity contribution in [2.75, 3.05) is 0 Å². The smallest absolute Gasteiger partial charge is 0.0801 e. The van der Waals surface area contributed by atoms with Gasteiger partial charge in [0.05, 0.1) is 6.10 Å². The molecule has 0 saturated heterocycles. The second kappa shape index (κ2) is 6.51. The number of benzene rings is 1. The van der Waals surface area contributed by atoms with Gasteiger partial charge in [-0.15, -0.1) is 0 Å². The van der Waals surface area contributed by atoms with E-state index in [1.54, 1.807) is 0 Å². The van der Waals surface area contributed by atoms with E-state index in [1.165, 1.54) is 12.8 Å². The summed E-state index contributed by atoms with van der Waals surface area (Å²) in [4.78, 5) is 0. The lowest BCUT2D eigenvalue weighted by Gasteiger charge is -2.12. The largest absolute Gasteiger partial charge is 0.388 e. The standard InChI is InChI=1S/C12H16BrClO/c1-2-3-4-5-12(15)10-7-6-9(14)8-11(10)13/h6-8,12,15H,2-5H2,1H3. The van der Waals surface area contributed by atoms with Crippen molar-refractivity contribution in [3.63, 3.8) is 0 Å². The first-order chi connectivity index (χ1) is 7.15. The van der Waals surface area contributed by atoms with Crippen LogP contribution in [-0.4, -0.2) is 5.11 Å². The highest BCUT2D eigenvalue weighted by atomic mass is 79.9. The highest BCUT2D eigenvalue weighted by Gasteiger charge is 2.10. The van der Waals surface area contributed by atoms with Gasteiger partial charge in [-0.3, -0.25) is 0 Å². The molecule has 0 saturated carbocycles. The van der Waals surface area contributed by atoms with E-state index in [2.05, 4.69) is 22.9 Å². The minimum atomic E-state index is -0.386. The molecule has 1 rings (SSSR count). The summed E-state index contributed by atoms with van der Waals surface area (Å²) in [5, 5.41) is 10.6. The molecular weight excluding hydrogens is 275 g/mol. The first-order valence-corrected chi connectivity index (χ1v) is 6.45. The molecule has 3 heteroatoms. The fourth-order valence-corrected chi connectivity index (χ4v) is 2.46. The van der Waals surface area contributed by atoms with E-state index in [4.69, 9.17) is 11.6 Å². The van der Waals surface area contributed by atoms with Crippen LogP contribution in [0.5, 0.6) is 0 Å². The Hall–Kier alpha value is -0.0500. The number of aliphatic hydroxyl groups is 1. The zero-order valence-corrected chi connectivity index (χ0v) is 11.2. The average Bonchev–Trinajstić information content (AvgIpc) is 2.17. The Morgan fingerprint density at radius 3 is 2.73 bits per heavy atom. The lowest BCUT2D eigenvalue weighted by atomic mass is 10.0. The molecule has 1 unspecified atom stereocenters. The van der Waals surface area contributed by atoms with Crippen molar-refractivity contribution in [3.8, 4) is 0 Å². The Morgan fingerprint density at radius 2 is 2.13 bits per heavy atom. The van der Waals surface area contributed by atoms with E-state index in [1.807, 2.05) is 18.2 Å². The maximum atomic E-state index is 9.95. The van der Waals surface area contributed by atoms with Gasteiger partial charge < -0.3 is 5.11 Å². The molecular formula is C12H16BrClO. The first-order valence-electron chi connectivity index (χ1n) is 5.28. The van der Waals surface area contributed by atoms with Gasteiger partial charge in [-0.1, -0.05) is 59.8 Å². The third kappa shape index (κ3) is 4.13. The van der Waals surface area contributed by atoms with Crippen LogP contribution in [0.15, 0.2) is 22.7 Å². The molecule has 84 valence electrons. The predicted molar refractivity (Wildman–Crippen MR) is 68.3 cm³/mol. The maximum absolute atomic E-state index is 9.95. The molecule has 1 atom stereocenters. The molecule has 0 amide bonds. The molecule has 1 N–H and O–H groups in total. The van der Waals surface area contributed by atoms with E-state index in [-0.39, 0.29) is 6.10 Å². The Balaban J connectivity index is 2.61. The quantitative estimate of drug-likeness (QED) is 0.779. The number of hydrogen-bond acceptors (Lipinski definition) is 1. The van der Waals surface area contributed by atoms with E-state index >= 15 is 0 Å². The van der Waals surface area contributed by atoms with Crippen LogP contribution in [0.25, 0.3) is 0 Å². The third-order valence-electron chi connectivity index (χ3n) is 2.40. The number of rotatable bonds is 5. The molecule has 1 aromatic carbocycles. The summed E-state index contributed by atoms with van der Waals surface area (Å²) in [5.41, 5.74) is 0.926. The highest BCUT2D eigenvalue weighted by Crippen LogP contribution is 2.29. The minimum absolute atomic E-state index is 0.386. The number of aliphatic hydroxyl groups excluding tert-OH is 1. The minimum Gasteiger partial charge on any atom is -0.388 e. The highest BCUT2D eigenvalue weighted by molar-refractivity contribution is 9.10. The molecule has 15 heavy (non-hydrogen) atoms. The summed E-state index contributed by atoms with van der Waals surface area (Å²) in [6.45, 7) is 2.16. The van der Waals surface area contributed by atoms with Crippen LogP contribution < -0.4 is 0 Å². The van der Waals surface area contributed by atoms with Crippen LogP contribution in [0, 0.1) is 0 Å². The fraction of sp³-hybridized carbons (Fsp3) is 0.500. The molecule has 0 fully saturated rings. The van der Waals surface area contributed by atoms with E-state index < -0.39 is 0 Å². The third-order valence-corrected chi connectivity index (χ3v) is 3.32. The zero-order valence-electron chi connectivity index (χ0n) is 8.84. The van der Waals surface area contributed by atoms with Crippen molar-refractivity contribution in [2.45, 2.75) is 38.7 Å². The van der Waals surface area contributed by atoms with Gasteiger partial charge in [0.25, 0.3) is 0 Å². The van der Waals surface area contributed by atoms with Crippen molar-refractivity contribution in [3.05, 3.63) is 33.3 Å². The van der Waals surface area contributed by atoms with Gasteiger partial charge in [-0.2, -0.15) is 0 Å². The van der Waals surface area contributed by atoms with Gasteiger partial charge in [0.15, 0.2) is 0 Å². The molecule has 0 bridgehead atoms. The summed E-state index contributed by atoms with van der Waals surface area (Å²) in [6.07, 6.45) is 3.83. The monoisotopic (exact) mass is 290 g/mol. The molecule has 0 aliphatic heterocycles. The molecule has 0 aromatic heterocycles. The van der Waals surface area contributed by atoms with E-state index in [0.29, 0.717) is 5.02 Å². The normalized spacial score (nSPS) is 12.8. The molecule has 0 heterocycles. The zero-order chi connectivity index (χ0) is 11.3. The number of unbranched alkanes of at least 4 members (excludes halogenated alkanes) is 2. The van der Waals surface area contributed by atoms with Crippen molar-refractivity contribution in [1.82, 2.24) is 0 Å². The van der Waals surface area contributed by atoms with Crippen LogP contribution in [0.1, 0.15) is 44.3 Å². The lowest BCUT2D eigenvalue weighted by Crippen LogP contribution is -1.98. The van der Waals surface area contributed by atoms with Crippen molar-refractivity contribution in [1.29, 1.82) is 0 Å². The van der Waals surface area contributed by atoms with E-state index in [0.717, 1.165) is 22.9 Å².